The largest absolute Gasteiger partial charge is 0.495 e. The highest BCUT2D eigenvalue weighted by molar-refractivity contribution is 6.41. The first-order valence-electron chi connectivity index (χ1n) is 24.9. The van der Waals surface area contributed by atoms with Crippen LogP contribution >= 0.6 is 46.4 Å². The van der Waals surface area contributed by atoms with Crippen LogP contribution in [0.1, 0.15) is 37.6 Å². The molecule has 6 N–H and O–H groups in total. The van der Waals surface area contributed by atoms with E-state index in [1.165, 1.54) is 33.5 Å². The van der Waals surface area contributed by atoms with E-state index in [1.807, 2.05) is 12.1 Å². The van der Waals surface area contributed by atoms with Crippen LogP contribution < -0.4 is 50.8 Å². The summed E-state index contributed by atoms with van der Waals surface area (Å²) in [7, 11) is 4.55. The third-order valence-electron chi connectivity index (χ3n) is 13.3. The highest BCUT2D eigenvalue weighted by Crippen LogP contribution is 2.48. The second kappa shape index (κ2) is 25.0. The number of ether oxygens (including phenoxy) is 6. The zero-order valence-electron chi connectivity index (χ0n) is 42.7. The summed E-state index contributed by atoms with van der Waals surface area (Å²) in [6.07, 6.45) is 9.02. The Morgan fingerprint density at radius 1 is 0.675 bits per heavy atom. The van der Waals surface area contributed by atoms with E-state index in [0.717, 1.165) is 12.8 Å². The van der Waals surface area contributed by atoms with Crippen LogP contribution in [0.2, 0.25) is 20.1 Å². The number of carbonyl (C=O) groups is 2. The molecule has 3 fully saturated rings. The van der Waals surface area contributed by atoms with Crippen molar-refractivity contribution in [1.82, 2.24) is 51.2 Å². The first-order valence-corrected chi connectivity index (χ1v) is 26.4. The molecule has 1 aliphatic carbocycles. The number of nitrogens with one attached hydrogen (secondary N) is 6. The number of amides is 2. The molecule has 5 atom stereocenters. The highest BCUT2D eigenvalue weighted by atomic mass is 35.5. The van der Waals surface area contributed by atoms with Crippen molar-refractivity contribution in [2.24, 2.45) is 0 Å². The molecule has 2 saturated heterocycles. The molecule has 20 nitrogen and oxygen atoms in total. The maximum Gasteiger partial charge on any atom is 0.243 e. The monoisotopic (exact) mass is 1130 g/mol. The fourth-order valence-electron chi connectivity index (χ4n) is 8.99. The summed E-state index contributed by atoms with van der Waals surface area (Å²) in [6.45, 7) is 11.7. The van der Waals surface area contributed by atoms with Gasteiger partial charge in [0.1, 0.15) is 23.0 Å². The summed E-state index contributed by atoms with van der Waals surface area (Å²) in [4.78, 5) is 53.5. The van der Waals surface area contributed by atoms with E-state index in [1.54, 1.807) is 24.5 Å². The predicted molar refractivity (Wildman–Crippen MR) is 297 cm³/mol. The number of carbonyl (C=O) groups excluding carboxylic acids is 2. The summed E-state index contributed by atoms with van der Waals surface area (Å²) in [5.74, 6) is 1.56. The lowest BCUT2D eigenvalue weighted by molar-refractivity contribution is -0.118. The van der Waals surface area contributed by atoms with Crippen molar-refractivity contribution in [3.63, 3.8) is 0 Å². The van der Waals surface area contributed by atoms with Crippen LogP contribution in [0, 0.1) is 0 Å². The molecule has 6 heterocycles. The van der Waals surface area contributed by atoms with Crippen molar-refractivity contribution < 1.29 is 38.0 Å². The number of nitrogens with zero attached hydrogens (tertiary/aromatic N) is 6. The number of anilines is 2. The predicted octanol–water partition coefficient (Wildman–Crippen LogP) is 7.54. The minimum atomic E-state index is -0.321. The summed E-state index contributed by atoms with van der Waals surface area (Å²) >= 11 is 28.1. The third-order valence-corrected chi connectivity index (χ3v) is 14.8. The Morgan fingerprint density at radius 3 is 1.64 bits per heavy atom. The molecular formula is C53H58Cl4N12O8. The SMILES string of the molecule is C=CC(=O)N[C@H]1COC[C@H]1Nc1ncc2cc(-c3c(Cl)c(OC)cc(OC)c3Cl)nc(CCNC(C)CCOc3cc(OC)c(Cl)c(-c4cc5cnc(N[C@@H]6COC[C@@H]6NC(=O)C=C)nc5c(CNC5CC5)n4)c3Cl)c2n1. The Morgan fingerprint density at radius 2 is 1.14 bits per heavy atom. The van der Waals surface area contributed by atoms with Crippen LogP contribution in [0.5, 0.6) is 23.0 Å². The Bertz CT molecular complexity index is 3180. The van der Waals surface area contributed by atoms with Gasteiger partial charge in [-0.2, -0.15) is 0 Å². The average Bonchev–Trinajstić information content (AvgIpc) is 4.03. The molecule has 0 bridgehead atoms. The number of benzene rings is 2. The van der Waals surface area contributed by atoms with Gasteiger partial charge in [0.15, 0.2) is 0 Å². The van der Waals surface area contributed by atoms with Gasteiger partial charge in [0.05, 0.1) is 132 Å². The van der Waals surface area contributed by atoms with Gasteiger partial charge < -0.3 is 60.3 Å². The topological polar surface area (TPSA) is 239 Å². The number of halogens is 4. The lowest BCUT2D eigenvalue weighted by atomic mass is 10.1. The molecule has 2 aromatic carbocycles. The zero-order valence-corrected chi connectivity index (χ0v) is 45.8. The molecule has 0 radical (unpaired) electrons. The molecule has 4 aromatic heterocycles. The zero-order chi connectivity index (χ0) is 54.3. The third kappa shape index (κ3) is 12.8. The molecule has 0 spiro atoms. The van der Waals surface area contributed by atoms with Crippen molar-refractivity contribution in [3.05, 3.63) is 93.4 Å². The van der Waals surface area contributed by atoms with Gasteiger partial charge in [-0.1, -0.05) is 59.6 Å². The molecule has 1 unspecified atom stereocenters. The fraction of sp³-hybridized carbons (Fsp3) is 0.396. The maximum absolute atomic E-state index is 12.2. The number of hydrogen-bond donors (Lipinski definition) is 6. The Hall–Kier alpha value is -6.36. The minimum Gasteiger partial charge on any atom is -0.495 e. The second-order valence-corrected chi connectivity index (χ2v) is 20.2. The number of hydrogen-bond acceptors (Lipinski definition) is 18. The van der Waals surface area contributed by atoms with Gasteiger partial charge in [-0.05, 0) is 50.5 Å². The van der Waals surface area contributed by atoms with E-state index in [4.69, 9.17) is 94.8 Å². The van der Waals surface area contributed by atoms with E-state index < -0.39 is 0 Å². The van der Waals surface area contributed by atoms with Crippen molar-refractivity contribution >= 4 is 91.9 Å². The van der Waals surface area contributed by atoms with Gasteiger partial charge in [-0.25, -0.2) is 24.9 Å². The molecule has 6 aromatic rings. The highest BCUT2D eigenvalue weighted by Gasteiger charge is 2.32. The normalized spacial score (nSPS) is 18.4. The Balaban J connectivity index is 0.921. The lowest BCUT2D eigenvalue weighted by Crippen LogP contribution is -2.45. The summed E-state index contributed by atoms with van der Waals surface area (Å²) < 4.78 is 34.6. The van der Waals surface area contributed by atoms with Gasteiger partial charge in [0.2, 0.25) is 23.7 Å². The first kappa shape index (κ1) is 55.4. The molecule has 24 heteroatoms. The van der Waals surface area contributed by atoms with Crippen LogP contribution in [-0.2, 0) is 32.0 Å². The van der Waals surface area contributed by atoms with Gasteiger partial charge in [0.25, 0.3) is 0 Å². The number of fused-ring (bicyclic) bond motifs is 2. The van der Waals surface area contributed by atoms with Gasteiger partial charge in [-0.15, -0.1) is 0 Å². The standard InChI is InChI=1S/C53H58Cl4N12O8/c1-7-42(70)64-34-22-75-24-36(34)66-52-60-19-27-15-31(44-46(54)38(72-4)17-39(73-5)47(44)55)62-30(50(27)68-52)11-13-58-26(3)12-14-77-41-18-40(74-6)48(56)45(49(41)57)32-16-28-20-61-53(67-37-25-76-23-35(37)65-43(71)8-2)69-51(28)33(63-32)21-59-29-9-10-29/h7-8,15-20,26,29,34-37,58-59H,1-2,9-14,21-25H2,3-6H3,(H,64,70)(H,65,71)(H,60,66,68)(H,61,67,69)/t26?,34-,35-,36+,37+/m0/s1. The molecule has 77 heavy (non-hydrogen) atoms. The molecule has 3 aliphatic rings. The van der Waals surface area contributed by atoms with E-state index in [-0.39, 0.29) is 68.7 Å². The second-order valence-electron chi connectivity index (χ2n) is 18.6. The maximum atomic E-state index is 12.2. The van der Waals surface area contributed by atoms with E-state index in [9.17, 15) is 9.59 Å². The molecule has 2 aliphatic heterocycles. The minimum absolute atomic E-state index is 0.0404. The summed E-state index contributed by atoms with van der Waals surface area (Å²) in [5.41, 5.74) is 4.37. The quantitative estimate of drug-likeness (QED) is 0.0321. The number of pyridine rings is 2. The van der Waals surface area contributed by atoms with Crippen molar-refractivity contribution in [2.75, 3.05) is 71.5 Å². The van der Waals surface area contributed by atoms with Crippen molar-refractivity contribution in [2.45, 2.75) is 75.4 Å². The Kier molecular flexibility index (Phi) is 18.0. The van der Waals surface area contributed by atoms with Gasteiger partial charge >= 0.3 is 0 Å². The van der Waals surface area contributed by atoms with Crippen LogP contribution in [0.25, 0.3) is 44.3 Å². The number of aromatic nitrogens is 6. The smallest absolute Gasteiger partial charge is 0.243 e. The average molecular weight is 1130 g/mol. The van der Waals surface area contributed by atoms with E-state index in [0.29, 0.717) is 149 Å². The lowest BCUT2D eigenvalue weighted by Gasteiger charge is -2.20. The molecular weight excluding hydrogens is 1070 g/mol. The molecule has 9 rings (SSSR count). The van der Waals surface area contributed by atoms with E-state index >= 15 is 0 Å². The number of methoxy groups -OCH3 is 3. The van der Waals surface area contributed by atoms with Gasteiger partial charge in [0, 0.05) is 78.0 Å². The van der Waals surface area contributed by atoms with Crippen LogP contribution in [-0.4, -0.2) is 139 Å². The van der Waals surface area contributed by atoms with Crippen molar-refractivity contribution in [1.29, 1.82) is 0 Å². The molecule has 1 saturated carbocycles. The number of rotatable bonds is 24. The Labute approximate surface area is 464 Å². The molecule has 406 valence electrons. The van der Waals surface area contributed by atoms with Crippen LogP contribution in [0.15, 0.2) is 62.0 Å². The summed E-state index contributed by atoms with van der Waals surface area (Å²) in [5, 5.41) is 22.1. The van der Waals surface area contributed by atoms with Crippen LogP contribution in [0.3, 0.4) is 0 Å². The van der Waals surface area contributed by atoms with E-state index in [2.05, 4.69) is 62.0 Å². The fourth-order valence-corrected chi connectivity index (χ4v) is 10.4. The van der Waals surface area contributed by atoms with Gasteiger partial charge in [-0.3, -0.25) is 14.6 Å². The summed E-state index contributed by atoms with van der Waals surface area (Å²) in [6, 6.07) is 6.13. The molecule has 2 amide bonds. The first-order chi connectivity index (χ1) is 37.3. The van der Waals surface area contributed by atoms with Crippen molar-refractivity contribution in [3.8, 4) is 45.5 Å². The van der Waals surface area contributed by atoms with Crippen LogP contribution in [0.4, 0.5) is 11.9 Å².